The average Bonchev–Trinajstić information content (AvgIpc) is 2.74. The van der Waals surface area contributed by atoms with Crippen LogP contribution in [0.2, 0.25) is 0 Å². The van der Waals surface area contributed by atoms with Crippen molar-refractivity contribution >= 4 is 35.6 Å². The summed E-state index contributed by atoms with van der Waals surface area (Å²) in [5.41, 5.74) is 10.7. The van der Waals surface area contributed by atoms with Crippen LogP contribution in [0.25, 0.3) is 0 Å². The van der Waals surface area contributed by atoms with Gasteiger partial charge in [0.2, 0.25) is 0 Å². The van der Waals surface area contributed by atoms with Crippen LogP contribution in [0.5, 0.6) is 0 Å². The van der Waals surface area contributed by atoms with Gasteiger partial charge in [-0.15, -0.1) is 24.0 Å². The molecule has 0 bridgehead atoms. The zero-order valence-corrected chi connectivity index (χ0v) is 19.0. The van der Waals surface area contributed by atoms with E-state index >= 15 is 0 Å². The summed E-state index contributed by atoms with van der Waals surface area (Å²) in [5.74, 6) is 0.711. The van der Waals surface area contributed by atoms with Crippen LogP contribution < -0.4 is 11.1 Å². The van der Waals surface area contributed by atoms with E-state index in [0.717, 1.165) is 17.7 Å². The third-order valence-electron chi connectivity index (χ3n) is 4.68. The third kappa shape index (κ3) is 6.87. The molecule has 152 valence electrons. The molecule has 0 radical (unpaired) electrons. The summed E-state index contributed by atoms with van der Waals surface area (Å²) in [6.07, 6.45) is 0.885. The molecule has 5 heteroatoms. The van der Waals surface area contributed by atoms with E-state index in [-0.39, 0.29) is 24.0 Å². The number of ether oxygens (including phenoxy) is 1. The predicted molar refractivity (Wildman–Crippen MR) is 132 cm³/mol. The van der Waals surface area contributed by atoms with E-state index in [2.05, 4.69) is 58.8 Å². The molecule has 0 aliphatic carbocycles. The molecular formula is C24H28IN3O. The number of benzene rings is 3. The van der Waals surface area contributed by atoms with Crippen molar-refractivity contribution in [3.05, 3.63) is 102 Å². The first kappa shape index (κ1) is 22.9. The lowest BCUT2D eigenvalue weighted by Crippen LogP contribution is -2.24. The third-order valence-corrected chi connectivity index (χ3v) is 4.68. The van der Waals surface area contributed by atoms with Crippen LogP contribution in [0.1, 0.15) is 29.0 Å². The highest BCUT2D eigenvalue weighted by Crippen LogP contribution is 2.27. The Kier molecular flexibility index (Phi) is 9.67. The van der Waals surface area contributed by atoms with Crippen molar-refractivity contribution in [3.63, 3.8) is 0 Å². The first-order chi connectivity index (χ1) is 13.8. The number of rotatable bonds is 8. The van der Waals surface area contributed by atoms with Crippen molar-refractivity contribution in [1.82, 2.24) is 0 Å². The summed E-state index contributed by atoms with van der Waals surface area (Å²) in [6, 6.07) is 29.0. The fourth-order valence-corrected chi connectivity index (χ4v) is 3.31. The molecule has 0 saturated carbocycles. The van der Waals surface area contributed by atoms with E-state index in [0.29, 0.717) is 25.0 Å². The molecule has 0 aliphatic rings. The number of anilines is 1. The maximum absolute atomic E-state index is 6.13. The molecule has 3 aromatic carbocycles. The second-order valence-electron chi connectivity index (χ2n) is 6.64. The first-order valence-corrected chi connectivity index (χ1v) is 9.51. The molecular weight excluding hydrogens is 473 g/mol. The first-order valence-electron chi connectivity index (χ1n) is 9.51. The molecule has 0 unspecified atom stereocenters. The smallest absolute Gasteiger partial charge is 0.193 e. The largest absolute Gasteiger partial charge is 0.380 e. The Morgan fingerprint density at radius 2 is 1.45 bits per heavy atom. The van der Waals surface area contributed by atoms with Gasteiger partial charge in [0.05, 0.1) is 6.61 Å². The standard InChI is InChI=1S/C24H27N3O.HI/c1-28-18-21-14-8-9-15-23(21)27-24(25)26-17-16-22(19-10-4-2-5-11-19)20-12-6-3-7-13-20;/h2-15,22H,16-18H2,1H3,(H3,25,26,27);1H. The minimum absolute atomic E-state index is 0. The highest BCUT2D eigenvalue weighted by atomic mass is 127. The van der Waals surface area contributed by atoms with Gasteiger partial charge in [-0.25, -0.2) is 0 Å². The quantitative estimate of drug-likeness (QED) is 0.247. The van der Waals surface area contributed by atoms with E-state index in [1.54, 1.807) is 7.11 Å². The molecule has 0 saturated heterocycles. The summed E-state index contributed by atoms with van der Waals surface area (Å²) in [5, 5.41) is 3.20. The average molecular weight is 501 g/mol. The number of nitrogens with zero attached hydrogens (tertiary/aromatic N) is 1. The van der Waals surface area contributed by atoms with E-state index in [1.807, 2.05) is 36.4 Å². The number of guanidine groups is 1. The second-order valence-corrected chi connectivity index (χ2v) is 6.64. The van der Waals surface area contributed by atoms with E-state index < -0.39 is 0 Å². The zero-order chi connectivity index (χ0) is 19.6. The topological polar surface area (TPSA) is 59.6 Å². The molecule has 3 N–H and O–H groups in total. The summed E-state index contributed by atoms with van der Waals surface area (Å²) >= 11 is 0. The van der Waals surface area contributed by atoms with Crippen LogP contribution in [-0.4, -0.2) is 19.6 Å². The van der Waals surface area contributed by atoms with Crippen molar-refractivity contribution in [3.8, 4) is 0 Å². The van der Waals surface area contributed by atoms with Gasteiger partial charge in [0, 0.05) is 30.8 Å². The molecule has 29 heavy (non-hydrogen) atoms. The van der Waals surface area contributed by atoms with Crippen molar-refractivity contribution in [2.45, 2.75) is 18.9 Å². The molecule has 3 aromatic rings. The van der Waals surface area contributed by atoms with Crippen LogP contribution in [0.3, 0.4) is 0 Å². The number of nitrogens with two attached hydrogens (primary N) is 1. The van der Waals surface area contributed by atoms with Crippen LogP contribution in [0, 0.1) is 0 Å². The van der Waals surface area contributed by atoms with E-state index in [1.165, 1.54) is 11.1 Å². The normalized spacial score (nSPS) is 11.2. The highest BCUT2D eigenvalue weighted by Gasteiger charge is 2.13. The minimum Gasteiger partial charge on any atom is -0.380 e. The zero-order valence-electron chi connectivity index (χ0n) is 16.6. The van der Waals surface area contributed by atoms with E-state index in [9.17, 15) is 0 Å². The summed E-state index contributed by atoms with van der Waals surface area (Å²) in [7, 11) is 1.68. The van der Waals surface area contributed by atoms with Gasteiger partial charge < -0.3 is 15.8 Å². The fraction of sp³-hybridized carbons (Fsp3) is 0.208. The Balaban J connectivity index is 0.00000300. The van der Waals surface area contributed by atoms with Gasteiger partial charge in [-0.3, -0.25) is 4.99 Å². The number of nitrogens with one attached hydrogen (secondary N) is 1. The fourth-order valence-electron chi connectivity index (χ4n) is 3.31. The van der Waals surface area contributed by atoms with Crippen LogP contribution >= 0.6 is 24.0 Å². The lowest BCUT2D eigenvalue weighted by Gasteiger charge is -2.17. The van der Waals surface area contributed by atoms with Crippen LogP contribution in [0.15, 0.2) is 89.9 Å². The van der Waals surface area contributed by atoms with Crippen molar-refractivity contribution in [1.29, 1.82) is 0 Å². The molecule has 4 nitrogen and oxygen atoms in total. The lowest BCUT2D eigenvalue weighted by atomic mass is 9.89. The summed E-state index contributed by atoms with van der Waals surface area (Å²) in [4.78, 5) is 4.55. The Labute approximate surface area is 190 Å². The minimum atomic E-state index is 0. The number of hydrogen-bond acceptors (Lipinski definition) is 2. The molecule has 0 spiro atoms. The van der Waals surface area contributed by atoms with Gasteiger partial charge in [-0.2, -0.15) is 0 Å². The number of hydrogen-bond donors (Lipinski definition) is 2. The number of aliphatic imine (C=N–C) groups is 1. The molecule has 3 rings (SSSR count). The summed E-state index contributed by atoms with van der Waals surface area (Å²) < 4.78 is 5.24. The highest BCUT2D eigenvalue weighted by molar-refractivity contribution is 14.0. The number of halogens is 1. The van der Waals surface area contributed by atoms with E-state index in [4.69, 9.17) is 10.5 Å². The Morgan fingerprint density at radius 1 is 0.897 bits per heavy atom. The maximum atomic E-state index is 6.13. The number of methoxy groups -OCH3 is 1. The van der Waals surface area contributed by atoms with Gasteiger partial charge in [-0.05, 0) is 23.6 Å². The molecule has 0 aromatic heterocycles. The predicted octanol–water partition coefficient (Wildman–Crippen LogP) is 5.40. The summed E-state index contributed by atoms with van der Waals surface area (Å²) in [6.45, 7) is 1.17. The number of para-hydroxylation sites is 1. The van der Waals surface area contributed by atoms with Gasteiger partial charge in [0.25, 0.3) is 0 Å². The Bertz CT molecular complexity index is 845. The maximum Gasteiger partial charge on any atom is 0.193 e. The van der Waals surface area contributed by atoms with Gasteiger partial charge in [0.15, 0.2) is 5.96 Å². The second kappa shape index (κ2) is 12.2. The van der Waals surface area contributed by atoms with Crippen molar-refractivity contribution < 1.29 is 4.74 Å². The Morgan fingerprint density at radius 3 is 2.03 bits per heavy atom. The molecule has 0 fully saturated rings. The molecule has 0 amide bonds. The van der Waals surface area contributed by atoms with Gasteiger partial charge >= 0.3 is 0 Å². The van der Waals surface area contributed by atoms with Crippen molar-refractivity contribution in [2.24, 2.45) is 10.7 Å². The van der Waals surface area contributed by atoms with Crippen molar-refractivity contribution in [2.75, 3.05) is 19.0 Å². The lowest BCUT2D eigenvalue weighted by molar-refractivity contribution is 0.185. The molecule has 0 atom stereocenters. The molecule has 0 aliphatic heterocycles. The van der Waals surface area contributed by atoms with Crippen LogP contribution in [0.4, 0.5) is 5.69 Å². The van der Waals surface area contributed by atoms with Gasteiger partial charge in [0.1, 0.15) is 0 Å². The SMILES string of the molecule is COCc1ccccc1NC(N)=NCCC(c1ccccc1)c1ccccc1.I. The van der Waals surface area contributed by atoms with Crippen LogP contribution in [-0.2, 0) is 11.3 Å². The monoisotopic (exact) mass is 501 g/mol. The molecule has 0 heterocycles. The Hall–Kier alpha value is -2.38. The van der Waals surface area contributed by atoms with Gasteiger partial charge in [-0.1, -0.05) is 78.9 Å².